The largest absolute Gasteiger partial charge is 0.418 e. The molecule has 0 N–H and O–H groups in total. The summed E-state index contributed by atoms with van der Waals surface area (Å²) in [6.45, 7) is -0.737. The van der Waals surface area contributed by atoms with Gasteiger partial charge in [-0.1, -0.05) is 54.6 Å². The Bertz CT molecular complexity index is 969. The second-order valence-corrected chi connectivity index (χ2v) is 10.3. The van der Waals surface area contributed by atoms with Crippen molar-refractivity contribution < 1.29 is 8.81 Å². The molecule has 3 aromatic carbocycles. The maximum Gasteiger partial charge on any atom is 0.261 e. The molecule has 146 valence electrons. The number of alkyl halides is 1. The van der Waals surface area contributed by atoms with Crippen LogP contribution >= 0.6 is 7.26 Å². The zero-order valence-corrected chi connectivity index (χ0v) is 17.4. The summed E-state index contributed by atoms with van der Waals surface area (Å²) in [5.74, 6) is 0.707. The van der Waals surface area contributed by atoms with Crippen molar-refractivity contribution in [2.45, 2.75) is 6.67 Å². The van der Waals surface area contributed by atoms with Crippen LogP contribution in [0.2, 0.25) is 0 Å². The van der Waals surface area contributed by atoms with Gasteiger partial charge < -0.3 is 9.32 Å². The maximum absolute atomic E-state index is 13.6. The molecule has 0 radical (unpaired) electrons. The molecule has 1 aromatic heterocycles. The molecule has 3 nitrogen and oxygen atoms in total. The molecule has 29 heavy (non-hydrogen) atoms. The first kappa shape index (κ1) is 19.4. The van der Waals surface area contributed by atoms with E-state index in [0.29, 0.717) is 5.88 Å². The van der Waals surface area contributed by atoms with Gasteiger partial charge in [-0.3, -0.25) is 0 Å². The second kappa shape index (κ2) is 8.18. The van der Waals surface area contributed by atoms with E-state index in [2.05, 4.69) is 36.4 Å². The number of benzene rings is 3. The van der Waals surface area contributed by atoms with Crippen molar-refractivity contribution in [2.75, 3.05) is 19.0 Å². The molecule has 0 saturated carbocycles. The molecule has 0 amide bonds. The fraction of sp³-hybridized carbons (Fsp3) is 0.125. The van der Waals surface area contributed by atoms with E-state index in [1.807, 2.05) is 73.6 Å². The molecule has 0 spiro atoms. The Morgan fingerprint density at radius 2 is 1.17 bits per heavy atom. The first-order valence-electron chi connectivity index (χ1n) is 9.47. The Balaban J connectivity index is 2.17. The minimum atomic E-state index is -2.40. The van der Waals surface area contributed by atoms with E-state index in [1.54, 1.807) is 0 Å². The number of aromatic nitrogens is 1. The molecular weight excluding hydrogens is 382 g/mol. The van der Waals surface area contributed by atoms with Gasteiger partial charge in [0.15, 0.2) is 13.9 Å². The van der Waals surface area contributed by atoms with Crippen LogP contribution in [0.3, 0.4) is 0 Å². The summed E-state index contributed by atoms with van der Waals surface area (Å²) in [7, 11) is 1.41. The molecule has 0 unspecified atom stereocenters. The van der Waals surface area contributed by atoms with Crippen molar-refractivity contribution >= 4 is 34.5 Å². The third-order valence-corrected chi connectivity index (χ3v) is 9.05. The normalized spacial score (nSPS) is 11.4. The van der Waals surface area contributed by atoms with Crippen molar-refractivity contribution in [2.24, 2.45) is 0 Å². The van der Waals surface area contributed by atoms with Crippen molar-refractivity contribution in [3.05, 3.63) is 96.9 Å². The van der Waals surface area contributed by atoms with E-state index in [9.17, 15) is 4.39 Å². The Morgan fingerprint density at radius 3 is 1.52 bits per heavy atom. The molecular formula is C24H23FN2OP+. The van der Waals surface area contributed by atoms with Gasteiger partial charge in [0.2, 0.25) is 5.89 Å². The third-order valence-electron chi connectivity index (χ3n) is 4.91. The zero-order valence-electron chi connectivity index (χ0n) is 16.5. The quantitative estimate of drug-likeness (QED) is 0.457. The van der Waals surface area contributed by atoms with E-state index in [0.717, 1.165) is 21.3 Å². The van der Waals surface area contributed by atoms with Crippen LogP contribution in [0.25, 0.3) is 0 Å². The van der Waals surface area contributed by atoms with E-state index in [1.165, 1.54) is 0 Å². The summed E-state index contributed by atoms with van der Waals surface area (Å²) < 4.78 is 19.5. The summed E-state index contributed by atoms with van der Waals surface area (Å²) in [6.07, 6.45) is 0. The van der Waals surface area contributed by atoms with E-state index in [-0.39, 0.29) is 5.89 Å². The van der Waals surface area contributed by atoms with Crippen molar-refractivity contribution in [3.8, 4) is 0 Å². The standard InChI is InChI=1S/C24H23FN2OP/c1-27(2)24-23(26-22(18-25)28-24)29(19-12-6-3-7-13-19,20-14-8-4-9-15-20)21-16-10-5-11-17-21/h3-17H,18H2,1-2H3/q+1. The molecule has 0 saturated heterocycles. The van der Waals surface area contributed by atoms with Crippen LogP contribution in [0, 0.1) is 0 Å². The van der Waals surface area contributed by atoms with Crippen LogP contribution in [-0.4, -0.2) is 19.1 Å². The van der Waals surface area contributed by atoms with Gasteiger partial charge in [0.25, 0.3) is 11.3 Å². The second-order valence-electron chi connectivity index (χ2n) is 6.94. The van der Waals surface area contributed by atoms with Crippen LogP contribution in [-0.2, 0) is 6.67 Å². The van der Waals surface area contributed by atoms with Crippen LogP contribution in [0.5, 0.6) is 0 Å². The lowest BCUT2D eigenvalue weighted by Crippen LogP contribution is -2.40. The molecule has 5 heteroatoms. The average Bonchev–Trinajstić information content (AvgIpc) is 3.22. The Labute approximate surface area is 171 Å². The predicted octanol–water partition coefficient (Wildman–Crippen LogP) is 3.83. The Hall–Kier alpha value is -2.97. The lowest BCUT2D eigenvalue weighted by Gasteiger charge is -2.26. The molecule has 0 bridgehead atoms. The summed E-state index contributed by atoms with van der Waals surface area (Å²) >= 11 is 0. The highest BCUT2D eigenvalue weighted by molar-refractivity contribution is 8.01. The van der Waals surface area contributed by atoms with E-state index >= 15 is 0 Å². The number of oxazole rings is 1. The van der Waals surface area contributed by atoms with Crippen molar-refractivity contribution in [1.29, 1.82) is 0 Å². The number of halogens is 1. The van der Waals surface area contributed by atoms with Crippen molar-refractivity contribution in [1.82, 2.24) is 4.98 Å². The Morgan fingerprint density at radius 1 is 0.759 bits per heavy atom. The predicted molar refractivity (Wildman–Crippen MR) is 120 cm³/mol. The molecule has 1 heterocycles. The number of anilines is 1. The lowest BCUT2D eigenvalue weighted by atomic mass is 10.4. The molecule has 4 rings (SSSR count). The minimum absolute atomic E-state index is 0.107. The highest BCUT2D eigenvalue weighted by atomic mass is 31.2. The van der Waals surface area contributed by atoms with Crippen molar-refractivity contribution in [3.63, 3.8) is 0 Å². The van der Waals surface area contributed by atoms with Gasteiger partial charge in [-0.25, -0.2) is 4.39 Å². The van der Waals surface area contributed by atoms with Gasteiger partial charge in [-0.2, -0.15) is 4.98 Å². The zero-order chi connectivity index (χ0) is 20.3. The number of hydrogen-bond acceptors (Lipinski definition) is 3. The van der Waals surface area contributed by atoms with Crippen LogP contribution in [0.15, 0.2) is 95.4 Å². The first-order valence-corrected chi connectivity index (χ1v) is 11.3. The molecule has 0 aliphatic carbocycles. The number of rotatable bonds is 6. The van der Waals surface area contributed by atoms with Gasteiger partial charge in [0.05, 0.1) is 0 Å². The van der Waals surface area contributed by atoms with Gasteiger partial charge in [-0.05, 0) is 36.4 Å². The third kappa shape index (κ3) is 3.34. The number of hydrogen-bond donors (Lipinski definition) is 0. The fourth-order valence-corrected chi connectivity index (χ4v) is 7.96. The van der Waals surface area contributed by atoms with E-state index < -0.39 is 13.9 Å². The van der Waals surface area contributed by atoms with Gasteiger partial charge in [0, 0.05) is 14.1 Å². The highest BCUT2D eigenvalue weighted by Gasteiger charge is 2.53. The lowest BCUT2D eigenvalue weighted by molar-refractivity contribution is 0.382. The smallest absolute Gasteiger partial charge is 0.261 e. The molecule has 4 aromatic rings. The van der Waals surface area contributed by atoms with Gasteiger partial charge in [0.1, 0.15) is 15.9 Å². The van der Waals surface area contributed by atoms with Gasteiger partial charge in [-0.15, -0.1) is 0 Å². The monoisotopic (exact) mass is 405 g/mol. The molecule has 0 aliphatic heterocycles. The molecule has 0 aliphatic rings. The minimum Gasteiger partial charge on any atom is -0.418 e. The average molecular weight is 405 g/mol. The summed E-state index contributed by atoms with van der Waals surface area (Å²) in [5, 5.41) is 3.46. The molecule has 0 atom stereocenters. The Kier molecular flexibility index (Phi) is 5.46. The highest BCUT2D eigenvalue weighted by Crippen LogP contribution is 2.55. The van der Waals surface area contributed by atoms with Gasteiger partial charge >= 0.3 is 0 Å². The number of nitrogens with zero attached hydrogens (tertiary/aromatic N) is 2. The molecule has 0 fully saturated rings. The first-order chi connectivity index (χ1) is 14.2. The van der Waals surface area contributed by atoms with Crippen LogP contribution < -0.4 is 26.2 Å². The fourth-order valence-electron chi connectivity index (χ4n) is 3.68. The summed E-state index contributed by atoms with van der Waals surface area (Å²) in [6, 6.07) is 31.1. The van der Waals surface area contributed by atoms with Crippen LogP contribution in [0.4, 0.5) is 10.3 Å². The summed E-state index contributed by atoms with van der Waals surface area (Å²) in [5.41, 5.74) is 0.791. The maximum atomic E-state index is 13.6. The SMILES string of the molecule is CN(C)c1oc(CF)nc1[P+](c1ccccc1)(c1ccccc1)c1ccccc1. The summed E-state index contributed by atoms with van der Waals surface area (Å²) in [4.78, 5) is 6.60. The van der Waals surface area contributed by atoms with Crippen LogP contribution in [0.1, 0.15) is 5.89 Å². The topological polar surface area (TPSA) is 29.3 Å². The van der Waals surface area contributed by atoms with E-state index in [4.69, 9.17) is 9.40 Å².